The van der Waals surface area contributed by atoms with Crippen molar-refractivity contribution in [2.45, 2.75) is 19.8 Å². The third-order valence-electron chi connectivity index (χ3n) is 2.23. The van der Waals surface area contributed by atoms with Crippen molar-refractivity contribution in [3.63, 3.8) is 0 Å². The van der Waals surface area contributed by atoms with E-state index >= 15 is 0 Å². The summed E-state index contributed by atoms with van der Waals surface area (Å²) in [6.45, 7) is 2.74. The largest absolute Gasteiger partial charge is 0.360 e. The number of rotatable bonds is 5. The fourth-order valence-electron chi connectivity index (χ4n) is 1.32. The molecule has 0 aliphatic carbocycles. The highest BCUT2D eigenvalue weighted by atomic mass is 32.1. The van der Waals surface area contributed by atoms with Gasteiger partial charge < -0.3 is 5.32 Å². The highest BCUT2D eigenvalue weighted by molar-refractivity contribution is 7.09. The van der Waals surface area contributed by atoms with Crippen molar-refractivity contribution in [1.29, 1.82) is 0 Å². The van der Waals surface area contributed by atoms with E-state index in [1.807, 2.05) is 6.92 Å². The first kappa shape index (κ1) is 11.9. The number of aryl methyl sites for hydroxylation is 1. The van der Waals surface area contributed by atoms with Gasteiger partial charge in [0, 0.05) is 36.6 Å². The van der Waals surface area contributed by atoms with Crippen LogP contribution in [-0.4, -0.2) is 20.9 Å². The first-order chi connectivity index (χ1) is 8.28. The third kappa shape index (κ3) is 3.45. The highest BCUT2D eigenvalue weighted by Gasteiger charge is 2.01. The van der Waals surface area contributed by atoms with Gasteiger partial charge in [0.2, 0.25) is 5.13 Å². The molecule has 0 amide bonds. The lowest BCUT2D eigenvalue weighted by Crippen LogP contribution is -2.05. The molecule has 0 aliphatic rings. The molecule has 2 aromatic rings. The van der Waals surface area contributed by atoms with Crippen molar-refractivity contribution in [2.24, 2.45) is 0 Å². The Kier molecular flexibility index (Phi) is 3.98. The van der Waals surface area contributed by atoms with Crippen LogP contribution in [0.5, 0.6) is 0 Å². The molecule has 4 nitrogen and oxygen atoms in total. The fourth-order valence-corrected chi connectivity index (χ4v) is 2.00. The molecule has 0 spiro atoms. The van der Waals surface area contributed by atoms with Crippen LogP contribution in [0.3, 0.4) is 0 Å². The Balaban J connectivity index is 1.81. The molecule has 0 fully saturated rings. The van der Waals surface area contributed by atoms with E-state index in [4.69, 9.17) is 0 Å². The molecular weight excluding hydrogens is 239 g/mol. The van der Waals surface area contributed by atoms with Crippen molar-refractivity contribution in [3.8, 4) is 0 Å². The summed E-state index contributed by atoms with van der Waals surface area (Å²) in [6.07, 6.45) is 2.81. The van der Waals surface area contributed by atoms with Crippen LogP contribution < -0.4 is 5.32 Å². The van der Waals surface area contributed by atoms with Gasteiger partial charge in [-0.05, 0) is 12.1 Å². The van der Waals surface area contributed by atoms with Crippen LogP contribution in [0.1, 0.15) is 18.4 Å². The monoisotopic (exact) mass is 252 g/mol. The SMILES string of the molecule is CCc1nsc(NCCc2ccc(F)cn2)n1. The molecule has 0 bridgehead atoms. The maximum Gasteiger partial charge on any atom is 0.202 e. The second-order valence-electron chi connectivity index (χ2n) is 3.51. The third-order valence-corrected chi connectivity index (χ3v) is 2.94. The molecule has 90 valence electrons. The number of pyridine rings is 1. The molecule has 0 unspecified atom stereocenters. The molecule has 0 atom stereocenters. The predicted octanol–water partition coefficient (Wildman–Crippen LogP) is 2.29. The first-order valence-corrected chi connectivity index (χ1v) is 6.22. The molecular formula is C11H13FN4S. The molecule has 0 aromatic carbocycles. The zero-order valence-electron chi connectivity index (χ0n) is 9.48. The van der Waals surface area contributed by atoms with Gasteiger partial charge in [0.1, 0.15) is 11.6 Å². The second kappa shape index (κ2) is 5.67. The molecule has 1 N–H and O–H groups in total. The molecule has 6 heteroatoms. The molecule has 0 aliphatic heterocycles. The van der Waals surface area contributed by atoms with Gasteiger partial charge in [-0.3, -0.25) is 4.98 Å². The van der Waals surface area contributed by atoms with E-state index in [-0.39, 0.29) is 5.82 Å². The van der Waals surface area contributed by atoms with E-state index in [1.54, 1.807) is 6.07 Å². The Morgan fingerprint density at radius 3 is 2.94 bits per heavy atom. The Bertz CT molecular complexity index is 469. The Labute approximate surface area is 103 Å². The van der Waals surface area contributed by atoms with Crippen LogP contribution in [0.4, 0.5) is 9.52 Å². The minimum Gasteiger partial charge on any atom is -0.360 e. The van der Waals surface area contributed by atoms with Gasteiger partial charge in [-0.25, -0.2) is 9.37 Å². The Morgan fingerprint density at radius 2 is 2.29 bits per heavy atom. The maximum atomic E-state index is 12.6. The molecule has 2 heterocycles. The van der Waals surface area contributed by atoms with Gasteiger partial charge in [-0.15, -0.1) is 0 Å². The summed E-state index contributed by atoms with van der Waals surface area (Å²) < 4.78 is 16.8. The lowest BCUT2D eigenvalue weighted by Gasteiger charge is -2.01. The van der Waals surface area contributed by atoms with Crippen LogP contribution in [-0.2, 0) is 12.8 Å². The van der Waals surface area contributed by atoms with Crippen molar-refractivity contribution in [3.05, 3.63) is 35.7 Å². The number of hydrogen-bond acceptors (Lipinski definition) is 5. The lowest BCUT2D eigenvalue weighted by molar-refractivity contribution is 0.619. The van der Waals surface area contributed by atoms with Crippen molar-refractivity contribution < 1.29 is 4.39 Å². The van der Waals surface area contributed by atoms with E-state index in [0.717, 1.165) is 36.0 Å². The number of aromatic nitrogens is 3. The average Bonchev–Trinajstić information content (AvgIpc) is 2.80. The topological polar surface area (TPSA) is 50.7 Å². The molecule has 0 saturated heterocycles. The van der Waals surface area contributed by atoms with Crippen LogP contribution in [0.2, 0.25) is 0 Å². The van der Waals surface area contributed by atoms with Crippen molar-refractivity contribution in [1.82, 2.24) is 14.3 Å². The molecule has 0 saturated carbocycles. The van der Waals surface area contributed by atoms with Gasteiger partial charge in [0.25, 0.3) is 0 Å². The standard InChI is InChI=1S/C11H13FN4S/c1-2-10-15-11(17-16-10)13-6-5-9-4-3-8(12)7-14-9/h3-4,7H,2,5-6H2,1H3,(H,13,15,16). The minimum atomic E-state index is -0.307. The zero-order valence-corrected chi connectivity index (χ0v) is 10.3. The summed E-state index contributed by atoms with van der Waals surface area (Å²) in [6, 6.07) is 3.11. The van der Waals surface area contributed by atoms with Crippen LogP contribution in [0, 0.1) is 5.82 Å². The van der Waals surface area contributed by atoms with Gasteiger partial charge in [0.15, 0.2) is 0 Å². The van der Waals surface area contributed by atoms with E-state index in [2.05, 4.69) is 19.7 Å². The highest BCUT2D eigenvalue weighted by Crippen LogP contribution is 2.11. The quantitative estimate of drug-likeness (QED) is 0.887. The normalized spacial score (nSPS) is 10.5. The fraction of sp³-hybridized carbons (Fsp3) is 0.364. The Morgan fingerprint density at radius 1 is 1.41 bits per heavy atom. The van der Waals surface area contributed by atoms with E-state index < -0.39 is 0 Å². The van der Waals surface area contributed by atoms with E-state index in [9.17, 15) is 4.39 Å². The lowest BCUT2D eigenvalue weighted by atomic mass is 10.3. The van der Waals surface area contributed by atoms with Gasteiger partial charge in [-0.2, -0.15) is 4.37 Å². The number of anilines is 1. The molecule has 2 rings (SSSR count). The average molecular weight is 252 g/mol. The first-order valence-electron chi connectivity index (χ1n) is 5.45. The van der Waals surface area contributed by atoms with Gasteiger partial charge >= 0.3 is 0 Å². The molecule has 17 heavy (non-hydrogen) atoms. The molecule has 2 aromatic heterocycles. The maximum absolute atomic E-state index is 12.6. The number of hydrogen-bond donors (Lipinski definition) is 1. The summed E-state index contributed by atoms with van der Waals surface area (Å²) >= 11 is 1.36. The number of halogens is 1. The zero-order chi connectivity index (χ0) is 12.1. The van der Waals surface area contributed by atoms with Crippen LogP contribution in [0.25, 0.3) is 0 Å². The van der Waals surface area contributed by atoms with Gasteiger partial charge in [-0.1, -0.05) is 6.92 Å². The second-order valence-corrected chi connectivity index (χ2v) is 4.27. The van der Waals surface area contributed by atoms with Crippen molar-refractivity contribution >= 4 is 16.7 Å². The van der Waals surface area contributed by atoms with Crippen LogP contribution in [0.15, 0.2) is 18.3 Å². The number of nitrogens with one attached hydrogen (secondary N) is 1. The Hall–Kier alpha value is -1.56. The smallest absolute Gasteiger partial charge is 0.202 e. The van der Waals surface area contributed by atoms with Crippen molar-refractivity contribution in [2.75, 3.05) is 11.9 Å². The van der Waals surface area contributed by atoms with E-state index in [0.29, 0.717) is 0 Å². The summed E-state index contributed by atoms with van der Waals surface area (Å²) in [5.74, 6) is 0.552. The minimum absolute atomic E-state index is 0.307. The summed E-state index contributed by atoms with van der Waals surface area (Å²) in [5.41, 5.74) is 0.860. The predicted molar refractivity (Wildman–Crippen MR) is 65.7 cm³/mol. The number of nitrogens with zero attached hydrogens (tertiary/aromatic N) is 3. The summed E-state index contributed by atoms with van der Waals surface area (Å²) in [7, 11) is 0. The van der Waals surface area contributed by atoms with Gasteiger partial charge in [0.05, 0.1) is 6.20 Å². The van der Waals surface area contributed by atoms with Crippen LogP contribution >= 0.6 is 11.5 Å². The summed E-state index contributed by atoms with van der Waals surface area (Å²) in [5, 5.41) is 4.00. The van der Waals surface area contributed by atoms with E-state index in [1.165, 1.54) is 23.8 Å². The summed E-state index contributed by atoms with van der Waals surface area (Å²) in [4.78, 5) is 8.27. The molecule has 0 radical (unpaired) electrons.